The second-order valence-corrected chi connectivity index (χ2v) is 19.2. The molecule has 1 aliphatic heterocycles. The predicted octanol–water partition coefficient (Wildman–Crippen LogP) is 15.3. The van der Waals surface area contributed by atoms with Crippen LogP contribution in [0.3, 0.4) is 0 Å². The third-order valence-corrected chi connectivity index (χ3v) is 14.5. The maximum Gasteiger partial charge on any atom is 0.135 e. The van der Waals surface area contributed by atoms with Crippen molar-refractivity contribution in [1.29, 1.82) is 0 Å². The van der Waals surface area contributed by atoms with E-state index in [-0.39, 0.29) is 96.7 Å². The minimum atomic E-state index is -0.557. The Hall–Kier alpha value is -6.42. The number of benzene rings is 7. The van der Waals surface area contributed by atoms with Gasteiger partial charge in [-0.1, -0.05) is 167 Å². The number of rotatable bonds is 8. The molecule has 5 nitrogen and oxygen atoms in total. The van der Waals surface area contributed by atoms with Gasteiger partial charge in [-0.3, -0.25) is 0 Å². The Morgan fingerprint density at radius 3 is 1.88 bits per heavy atom. The van der Waals surface area contributed by atoms with Crippen molar-refractivity contribution in [2.24, 2.45) is 23.7 Å². The molecule has 9 aromatic rings. The van der Waals surface area contributed by atoms with Gasteiger partial charge < -0.3 is 19.1 Å². The minimum absolute atomic E-state index is 0. The number of pyridine rings is 1. The van der Waals surface area contributed by atoms with Gasteiger partial charge in [-0.05, 0) is 82.2 Å². The predicted molar refractivity (Wildman–Crippen MR) is 276 cm³/mol. The number of para-hydroxylation sites is 2. The zero-order valence-corrected chi connectivity index (χ0v) is 40.5. The summed E-state index contributed by atoms with van der Waals surface area (Å²) < 4.78 is 140. The quantitative estimate of drug-likeness (QED) is 0.142. The van der Waals surface area contributed by atoms with Crippen molar-refractivity contribution >= 4 is 33.2 Å². The van der Waals surface area contributed by atoms with Crippen LogP contribution < -0.4 is 14.5 Å². The summed E-state index contributed by atoms with van der Waals surface area (Å²) in [5.41, 5.74) is 4.47. The molecule has 2 saturated carbocycles. The third kappa shape index (κ3) is 7.37. The van der Waals surface area contributed by atoms with Crippen molar-refractivity contribution in [3.8, 4) is 50.7 Å². The molecule has 0 spiro atoms. The Bertz CT molecular complexity index is 4050. The molecule has 0 amide bonds. The molecule has 3 fully saturated rings. The van der Waals surface area contributed by atoms with E-state index in [0.29, 0.717) is 45.3 Å². The molecule has 2 aromatic heterocycles. The van der Waals surface area contributed by atoms with Gasteiger partial charge in [0.1, 0.15) is 5.82 Å². The van der Waals surface area contributed by atoms with Crippen LogP contribution in [0.5, 0.6) is 11.5 Å². The zero-order chi connectivity index (χ0) is 58.6. The normalized spacial score (nSPS) is 23.9. The monoisotopic (exact) mass is 1080 g/mol. The summed E-state index contributed by atoms with van der Waals surface area (Å²) in [6.07, 6.45) is 2.40. The van der Waals surface area contributed by atoms with Crippen LogP contribution in [0.4, 0.5) is 11.4 Å². The average molecular weight is 1080 g/mol. The average Bonchev–Trinajstić information content (AvgIpc) is 2.58. The van der Waals surface area contributed by atoms with E-state index >= 15 is 0 Å². The van der Waals surface area contributed by atoms with Crippen molar-refractivity contribution < 1.29 is 46.4 Å². The van der Waals surface area contributed by atoms with Gasteiger partial charge in [0, 0.05) is 78.7 Å². The van der Waals surface area contributed by atoms with Gasteiger partial charge in [0.2, 0.25) is 0 Å². The smallest absolute Gasteiger partial charge is 0.135 e. The number of fused-ring (bicyclic) bond motifs is 8. The maximum absolute atomic E-state index is 9.24. The molecule has 0 N–H and O–H groups in total. The molecule has 68 heavy (non-hydrogen) atoms. The van der Waals surface area contributed by atoms with Crippen molar-refractivity contribution in [1.82, 2.24) is 9.55 Å². The SMILES string of the molecule is [2H]c1c([2H])c([2H])c(-c2cnc(-n3c4[c-]c(Oc5[c-]c(N6[CH-]N(c7c(-c8c([2H])c([2H])c([2H])c([2H])c8[2H])cccc7-c7c([2H])c([2H])c([2H])c([2H])c7[2H])C7C8C[C@@H](C(C)C8C)[C@@H]76)cc(C(C)(C)C)c5)ccc4c4ccccc43)cc2C)c([2H])c1[2H].[Pt]. The van der Waals surface area contributed by atoms with Crippen LogP contribution >= 0.6 is 0 Å². The van der Waals surface area contributed by atoms with Gasteiger partial charge in [0.25, 0.3) is 0 Å². The number of ether oxygens (including phenoxy) is 1. The first-order valence-electron chi connectivity index (χ1n) is 30.3. The van der Waals surface area contributed by atoms with Crippen LogP contribution in [0.15, 0.2) is 170 Å². The second-order valence-electron chi connectivity index (χ2n) is 19.2. The summed E-state index contributed by atoms with van der Waals surface area (Å²) in [6.45, 7) is 14.6. The molecule has 2 bridgehead atoms. The second kappa shape index (κ2) is 17.3. The van der Waals surface area contributed by atoms with E-state index in [1.54, 1.807) is 18.2 Å². The third-order valence-electron chi connectivity index (χ3n) is 14.5. The number of nitrogens with zero attached hydrogens (tertiary/aromatic N) is 4. The van der Waals surface area contributed by atoms with E-state index in [1.807, 2.05) is 66.7 Å². The summed E-state index contributed by atoms with van der Waals surface area (Å²) in [5, 5.41) is 1.80. The summed E-state index contributed by atoms with van der Waals surface area (Å²) in [5.74, 6) is 2.05. The van der Waals surface area contributed by atoms with Crippen molar-refractivity contribution in [3.63, 3.8) is 0 Å². The molecule has 342 valence electrons. The van der Waals surface area contributed by atoms with E-state index in [4.69, 9.17) is 24.8 Å². The van der Waals surface area contributed by atoms with Crippen LogP contribution in [0.1, 0.15) is 72.7 Å². The number of hydrogen-bond acceptors (Lipinski definition) is 4. The van der Waals surface area contributed by atoms with Gasteiger partial charge in [-0.2, -0.15) is 12.7 Å². The number of hydrogen-bond donors (Lipinski definition) is 0. The van der Waals surface area contributed by atoms with Crippen LogP contribution in [0.2, 0.25) is 0 Å². The molecule has 3 heterocycles. The van der Waals surface area contributed by atoms with Gasteiger partial charge >= 0.3 is 0 Å². The van der Waals surface area contributed by atoms with Crippen molar-refractivity contribution in [2.75, 3.05) is 9.80 Å². The first-order valence-corrected chi connectivity index (χ1v) is 22.8. The van der Waals surface area contributed by atoms with E-state index in [2.05, 4.69) is 62.6 Å². The van der Waals surface area contributed by atoms with Crippen LogP contribution in [-0.2, 0) is 26.5 Å². The van der Waals surface area contributed by atoms with Gasteiger partial charge in [0.05, 0.1) is 20.6 Å². The van der Waals surface area contributed by atoms with E-state index < -0.39 is 84.0 Å². The minimum Gasteiger partial charge on any atom is -0.519 e. The van der Waals surface area contributed by atoms with Crippen molar-refractivity contribution in [2.45, 2.75) is 65.5 Å². The van der Waals surface area contributed by atoms with Gasteiger partial charge in [-0.25, -0.2) is 4.98 Å². The van der Waals surface area contributed by atoms with Crippen LogP contribution in [0.25, 0.3) is 61.0 Å². The number of aromatic nitrogens is 2. The first-order chi connectivity index (χ1) is 38.8. The number of aryl methyl sites for hydroxylation is 1. The molecule has 0 radical (unpaired) electrons. The van der Waals surface area contributed by atoms with Gasteiger partial charge in [-0.15, -0.1) is 47.0 Å². The van der Waals surface area contributed by atoms with Crippen LogP contribution in [0, 0.1) is 49.4 Å². The fraction of sp³-hybridized carbons (Fsp3) is 0.226. The fourth-order valence-corrected chi connectivity index (χ4v) is 11.1. The molecule has 7 aromatic carbocycles. The van der Waals surface area contributed by atoms with Crippen molar-refractivity contribution in [3.05, 3.63) is 200 Å². The zero-order valence-electron chi connectivity index (χ0n) is 53.3. The molecule has 3 aliphatic rings. The molecule has 1 saturated heterocycles. The van der Waals surface area contributed by atoms with E-state index in [9.17, 15) is 5.48 Å². The Balaban J connectivity index is 0.00000721. The Morgan fingerprint density at radius 2 is 1.26 bits per heavy atom. The largest absolute Gasteiger partial charge is 0.519 e. The maximum atomic E-state index is 9.24. The summed E-state index contributed by atoms with van der Waals surface area (Å²) in [4.78, 5) is 9.11. The molecule has 2 aliphatic carbocycles. The molecular weight excluding hydrogens is 1010 g/mol. The summed E-state index contributed by atoms with van der Waals surface area (Å²) >= 11 is 0. The topological polar surface area (TPSA) is 33.5 Å². The summed E-state index contributed by atoms with van der Waals surface area (Å²) in [7, 11) is 0. The van der Waals surface area contributed by atoms with E-state index in [0.717, 1.165) is 28.3 Å². The first kappa shape index (κ1) is 30.1. The Labute approximate surface area is 436 Å². The number of anilines is 2. The Morgan fingerprint density at radius 1 is 0.662 bits per heavy atom. The standard InChI is InChI=1S/C62H55N4O.Pt/c1-39-31-58(63-37-55(39)44-23-14-9-15-24-44)66-56-28-17-16-25-51(56)52-30-29-47(35-57(52)66)67-48-33-45(62(4,5)6)32-46(34-48)64-38-65(61-54-36-53(60(61)64)40(2)41(54)3)59-49(42-19-10-7-11-20-42)26-18-27-50(59)43-21-12-8-13-22-43;/h7-33,37-38,40-41,53-54,60-61H,36H2,1-6H3;/q-3;/t40?,41?,53-,54?,60-,61?;/m0./s1/i7D,8D,9D,10D,11D,12D,13D,14D,15D,19D,20D,21D,22D,23D,24D;. The van der Waals surface area contributed by atoms with E-state index in [1.165, 1.54) is 6.20 Å². The molecule has 12 rings (SSSR count). The molecule has 6 atom stereocenters. The summed E-state index contributed by atoms with van der Waals surface area (Å²) in [6, 6.07) is 22.3. The van der Waals surface area contributed by atoms with Gasteiger partial charge in [0.15, 0.2) is 0 Å². The fourth-order valence-electron chi connectivity index (χ4n) is 11.1. The Kier molecular flexibility index (Phi) is 7.66. The molecular formula is C62H55N4OPt-3. The molecule has 4 unspecified atom stereocenters. The molecule has 6 heteroatoms. The van der Waals surface area contributed by atoms with Crippen LogP contribution in [-0.4, -0.2) is 21.6 Å².